The van der Waals surface area contributed by atoms with E-state index in [0.29, 0.717) is 13.2 Å². The fraction of sp³-hybridized carbons (Fsp3) is 0.833. The van der Waals surface area contributed by atoms with Crippen molar-refractivity contribution >= 4 is 14.6 Å². The Bertz CT molecular complexity index is 145. The van der Waals surface area contributed by atoms with Crippen LogP contribution in [0.1, 0.15) is 20.8 Å². The first-order chi connectivity index (χ1) is 6.70. The van der Waals surface area contributed by atoms with Crippen LogP contribution in [0.4, 0.5) is 0 Å². The molecule has 0 aromatic rings. The maximum atomic E-state index is 10.4. The van der Waals surface area contributed by atoms with Crippen LogP contribution >= 0.6 is 8.60 Å². The Morgan fingerprint density at radius 1 is 1.07 bits per heavy atom. The molecule has 0 N–H and O–H groups in total. The van der Waals surface area contributed by atoms with E-state index in [1.54, 1.807) is 13.8 Å². The van der Waals surface area contributed by atoms with Crippen LogP contribution in [-0.2, 0) is 33.5 Å². The Kier molecular flexibility index (Phi) is 9.06. The predicted octanol–water partition coefficient (Wildman–Crippen LogP) is 1.64. The van der Waals surface area contributed by atoms with Crippen LogP contribution in [0.3, 0.4) is 0 Å². The quantitative estimate of drug-likeness (QED) is 0.355. The van der Waals surface area contributed by atoms with Crippen LogP contribution in [0.15, 0.2) is 0 Å². The van der Waals surface area contributed by atoms with Gasteiger partial charge in [0.05, 0.1) is 13.2 Å². The van der Waals surface area contributed by atoms with Crippen LogP contribution in [0.25, 0.3) is 0 Å². The Morgan fingerprint density at radius 2 is 1.57 bits per heavy atom. The third-order valence-electron chi connectivity index (χ3n) is 0.678. The predicted molar refractivity (Wildman–Crippen MR) is 45.2 cm³/mol. The van der Waals surface area contributed by atoms with Crippen molar-refractivity contribution in [3.05, 3.63) is 0 Å². The van der Waals surface area contributed by atoms with Crippen LogP contribution in [0, 0.1) is 0 Å². The van der Waals surface area contributed by atoms with Crippen molar-refractivity contribution in [3.8, 4) is 0 Å². The lowest BCUT2D eigenvalue weighted by Gasteiger charge is -2.10. The topological polar surface area (TPSA) is 72.5 Å². The van der Waals surface area contributed by atoms with Gasteiger partial charge in [0.2, 0.25) is 0 Å². The van der Waals surface area contributed by atoms with Crippen molar-refractivity contribution in [3.63, 3.8) is 0 Å². The number of carbonyl (C=O) groups is 1. The largest absolute Gasteiger partial charge is 0.433 e. The van der Waals surface area contributed by atoms with Gasteiger partial charge in [-0.1, -0.05) is 4.67 Å². The second-order valence-electron chi connectivity index (χ2n) is 1.84. The molecule has 0 spiro atoms. The maximum Gasteiger partial charge on any atom is 0.433 e. The van der Waals surface area contributed by atoms with Crippen molar-refractivity contribution in [2.75, 3.05) is 13.2 Å². The van der Waals surface area contributed by atoms with E-state index in [4.69, 9.17) is 0 Å². The summed E-state index contributed by atoms with van der Waals surface area (Å²) in [5.41, 5.74) is 0. The molecule has 14 heavy (non-hydrogen) atoms. The van der Waals surface area contributed by atoms with E-state index in [-0.39, 0.29) is 0 Å². The first-order valence-corrected chi connectivity index (χ1v) is 5.04. The molecule has 0 radical (unpaired) electrons. The third kappa shape index (κ3) is 8.31. The number of carbonyl (C=O) groups excluding carboxylic acids is 1. The molecule has 0 heterocycles. The van der Waals surface area contributed by atoms with Crippen molar-refractivity contribution < 1.29 is 33.5 Å². The molecular formula is C6H13O7P. The first-order valence-electron chi connectivity index (χ1n) is 3.95. The molecule has 0 rings (SSSR count). The van der Waals surface area contributed by atoms with E-state index in [0.717, 1.165) is 0 Å². The molecule has 0 amide bonds. The average molecular weight is 228 g/mol. The highest BCUT2D eigenvalue weighted by molar-refractivity contribution is 7.41. The van der Waals surface area contributed by atoms with Gasteiger partial charge in [-0.2, -0.15) is 0 Å². The third-order valence-corrected chi connectivity index (χ3v) is 1.33. The summed E-state index contributed by atoms with van der Waals surface area (Å²) in [5.74, 6) is -0.627. The van der Waals surface area contributed by atoms with Crippen LogP contribution in [-0.4, -0.2) is 19.2 Å². The fourth-order valence-corrected chi connectivity index (χ4v) is 0.935. The Morgan fingerprint density at radius 3 is 1.93 bits per heavy atom. The van der Waals surface area contributed by atoms with Gasteiger partial charge in [0.15, 0.2) is 0 Å². The molecule has 0 bridgehead atoms. The molecule has 0 aromatic carbocycles. The minimum atomic E-state index is -1.99. The summed E-state index contributed by atoms with van der Waals surface area (Å²) in [7, 11) is -1.99. The second-order valence-corrected chi connectivity index (χ2v) is 2.73. The van der Waals surface area contributed by atoms with Gasteiger partial charge in [0.25, 0.3) is 0 Å². The smallest absolute Gasteiger partial charge is 0.290 e. The maximum absolute atomic E-state index is 10.4. The van der Waals surface area contributed by atoms with E-state index < -0.39 is 14.6 Å². The molecule has 0 aliphatic carbocycles. The van der Waals surface area contributed by atoms with Gasteiger partial charge >= 0.3 is 14.6 Å². The molecule has 8 heteroatoms. The average Bonchev–Trinajstić information content (AvgIpc) is 2.16. The van der Waals surface area contributed by atoms with Gasteiger partial charge in [0, 0.05) is 6.92 Å². The lowest BCUT2D eigenvalue weighted by atomic mass is 10.9. The lowest BCUT2D eigenvalue weighted by Crippen LogP contribution is -2.02. The normalized spacial score (nSPS) is 10.6. The first kappa shape index (κ1) is 13.7. The van der Waals surface area contributed by atoms with Gasteiger partial charge in [-0.15, -0.1) is 9.35 Å². The Labute approximate surface area is 83.0 Å². The molecule has 0 unspecified atom stereocenters. The number of rotatable bonds is 8. The van der Waals surface area contributed by atoms with Gasteiger partial charge < -0.3 is 0 Å². The van der Waals surface area contributed by atoms with Crippen LogP contribution < -0.4 is 0 Å². The van der Waals surface area contributed by atoms with E-state index >= 15 is 0 Å². The van der Waals surface area contributed by atoms with Crippen molar-refractivity contribution in [1.29, 1.82) is 0 Å². The fourth-order valence-electron chi connectivity index (χ4n) is 0.312. The molecule has 0 saturated heterocycles. The van der Waals surface area contributed by atoms with Crippen LogP contribution in [0.5, 0.6) is 0 Å². The molecule has 0 aromatic heterocycles. The van der Waals surface area contributed by atoms with Crippen molar-refractivity contribution in [1.82, 2.24) is 0 Å². The zero-order valence-corrected chi connectivity index (χ0v) is 9.11. The summed E-state index contributed by atoms with van der Waals surface area (Å²) in [5, 5.41) is 0. The summed E-state index contributed by atoms with van der Waals surface area (Å²) in [6.07, 6.45) is 0. The van der Waals surface area contributed by atoms with Crippen molar-refractivity contribution in [2.24, 2.45) is 0 Å². The molecule has 0 atom stereocenters. The molecule has 84 valence electrons. The van der Waals surface area contributed by atoms with E-state index in [1.807, 2.05) is 0 Å². The zero-order chi connectivity index (χ0) is 10.8. The Hall–Kier alpha value is -0.300. The van der Waals surface area contributed by atoms with Gasteiger partial charge in [-0.3, -0.25) is 4.89 Å². The number of hydrogen-bond donors (Lipinski definition) is 0. The highest BCUT2D eigenvalue weighted by atomic mass is 31.2. The molecule has 0 fully saturated rings. The van der Waals surface area contributed by atoms with Gasteiger partial charge in [0.1, 0.15) is 0 Å². The minimum Gasteiger partial charge on any atom is -0.290 e. The molecule has 0 aliphatic rings. The minimum absolute atomic E-state index is 0.303. The lowest BCUT2D eigenvalue weighted by molar-refractivity contribution is -0.299. The van der Waals surface area contributed by atoms with E-state index in [9.17, 15) is 4.79 Å². The van der Waals surface area contributed by atoms with Crippen molar-refractivity contribution in [2.45, 2.75) is 20.8 Å². The van der Waals surface area contributed by atoms with E-state index in [2.05, 4.69) is 28.7 Å². The molecular weight excluding hydrogens is 215 g/mol. The number of hydrogen-bond acceptors (Lipinski definition) is 7. The van der Waals surface area contributed by atoms with E-state index in [1.165, 1.54) is 6.92 Å². The summed E-state index contributed by atoms with van der Waals surface area (Å²) in [6, 6.07) is 0. The van der Waals surface area contributed by atoms with Crippen LogP contribution in [0.2, 0.25) is 0 Å². The van der Waals surface area contributed by atoms with Gasteiger partial charge in [-0.05, 0) is 13.8 Å². The summed E-state index contributed by atoms with van der Waals surface area (Å²) in [6.45, 7) is 5.20. The monoisotopic (exact) mass is 228 g/mol. The molecule has 0 saturated carbocycles. The summed E-state index contributed by atoms with van der Waals surface area (Å²) >= 11 is 0. The summed E-state index contributed by atoms with van der Waals surface area (Å²) < 4.78 is 13.6. The zero-order valence-electron chi connectivity index (χ0n) is 8.22. The van der Waals surface area contributed by atoms with Gasteiger partial charge in [-0.25, -0.2) is 14.6 Å². The SMILES string of the molecule is CCOOP(OOCC)OOC(C)=O. The highest BCUT2D eigenvalue weighted by Gasteiger charge is 2.18. The summed E-state index contributed by atoms with van der Waals surface area (Å²) in [4.78, 5) is 23.6. The highest BCUT2D eigenvalue weighted by Crippen LogP contribution is 2.40. The second kappa shape index (κ2) is 9.26. The molecule has 0 aliphatic heterocycles. The molecule has 7 nitrogen and oxygen atoms in total. The standard InChI is InChI=1S/C6H13O7P/c1-4-8-11-14(12-9-5-2)13-10-6(3)7/h4-5H2,1-3H3. The Balaban J connectivity index is 3.65.